The number of nitrogens with zero attached hydrogens (tertiary/aromatic N) is 1. The van der Waals surface area contributed by atoms with Crippen molar-refractivity contribution in [1.82, 2.24) is 0 Å². The molecule has 126 valence electrons. The first-order chi connectivity index (χ1) is 12.1. The number of hydrogen-bond acceptors (Lipinski definition) is 3. The van der Waals surface area contributed by atoms with Gasteiger partial charge in [-0.15, -0.1) is 0 Å². The Kier molecular flexibility index (Phi) is 5.89. The molecule has 0 aliphatic carbocycles. The van der Waals surface area contributed by atoms with Crippen LogP contribution >= 0.6 is 31.9 Å². The molecule has 0 saturated heterocycles. The highest BCUT2D eigenvalue weighted by Crippen LogP contribution is 2.31. The van der Waals surface area contributed by atoms with Gasteiger partial charge in [0.2, 0.25) is 0 Å². The molecular formula is C20H15Br2NO2. The normalized spacial score (nSPS) is 11.0. The topological polar surface area (TPSA) is 41.8 Å². The minimum atomic E-state index is 0.162. The Morgan fingerprint density at radius 2 is 1.68 bits per heavy atom. The Bertz CT molecular complexity index is 878. The number of aromatic hydroxyl groups is 1. The molecule has 0 saturated carbocycles. The highest BCUT2D eigenvalue weighted by atomic mass is 79.9. The molecule has 5 heteroatoms. The molecule has 0 aliphatic rings. The third-order valence-corrected chi connectivity index (χ3v) is 4.56. The van der Waals surface area contributed by atoms with Gasteiger partial charge in [-0.25, -0.2) is 0 Å². The van der Waals surface area contributed by atoms with Crippen molar-refractivity contribution in [2.45, 2.75) is 6.61 Å². The Hall–Kier alpha value is -2.11. The van der Waals surface area contributed by atoms with Crippen LogP contribution in [-0.2, 0) is 6.61 Å². The van der Waals surface area contributed by atoms with Crippen LogP contribution < -0.4 is 4.74 Å². The van der Waals surface area contributed by atoms with E-state index in [1.54, 1.807) is 18.3 Å². The van der Waals surface area contributed by atoms with Crippen LogP contribution in [0.25, 0.3) is 0 Å². The summed E-state index contributed by atoms with van der Waals surface area (Å²) >= 11 is 6.71. The molecule has 0 bridgehead atoms. The van der Waals surface area contributed by atoms with Gasteiger partial charge in [0.1, 0.15) is 18.1 Å². The van der Waals surface area contributed by atoms with Gasteiger partial charge in [0.15, 0.2) is 0 Å². The molecule has 1 N–H and O–H groups in total. The van der Waals surface area contributed by atoms with Crippen molar-refractivity contribution in [3.63, 3.8) is 0 Å². The molecular weight excluding hydrogens is 446 g/mol. The maximum absolute atomic E-state index is 10.0. The lowest BCUT2D eigenvalue weighted by Crippen LogP contribution is -1.94. The Morgan fingerprint density at radius 3 is 2.40 bits per heavy atom. The van der Waals surface area contributed by atoms with E-state index in [0.29, 0.717) is 16.6 Å². The van der Waals surface area contributed by atoms with Crippen LogP contribution in [0.3, 0.4) is 0 Å². The highest BCUT2D eigenvalue weighted by molar-refractivity contribution is 9.11. The Labute approximate surface area is 163 Å². The number of phenols is 1. The van der Waals surface area contributed by atoms with Crippen molar-refractivity contribution in [1.29, 1.82) is 0 Å². The largest absolute Gasteiger partial charge is 0.506 e. The third kappa shape index (κ3) is 4.94. The van der Waals surface area contributed by atoms with Crippen LogP contribution in [0.15, 0.2) is 80.7 Å². The monoisotopic (exact) mass is 459 g/mol. The van der Waals surface area contributed by atoms with Crippen LogP contribution in [-0.4, -0.2) is 11.3 Å². The minimum Gasteiger partial charge on any atom is -0.506 e. The zero-order chi connectivity index (χ0) is 17.6. The van der Waals surface area contributed by atoms with E-state index in [2.05, 4.69) is 36.9 Å². The van der Waals surface area contributed by atoms with Gasteiger partial charge in [-0.1, -0.05) is 46.3 Å². The summed E-state index contributed by atoms with van der Waals surface area (Å²) < 4.78 is 7.24. The van der Waals surface area contributed by atoms with Gasteiger partial charge < -0.3 is 9.84 Å². The first kappa shape index (κ1) is 17.7. The van der Waals surface area contributed by atoms with Gasteiger partial charge in [-0.05, 0) is 57.9 Å². The molecule has 0 unspecified atom stereocenters. The molecule has 0 radical (unpaired) electrons. The summed E-state index contributed by atoms with van der Waals surface area (Å²) in [6.07, 6.45) is 1.63. The van der Waals surface area contributed by atoms with E-state index < -0.39 is 0 Å². The molecule has 0 aromatic heterocycles. The van der Waals surface area contributed by atoms with Crippen molar-refractivity contribution in [2.75, 3.05) is 0 Å². The maximum atomic E-state index is 10.0. The molecule has 3 aromatic carbocycles. The van der Waals surface area contributed by atoms with Crippen LogP contribution in [0, 0.1) is 0 Å². The number of hydrogen-bond donors (Lipinski definition) is 1. The van der Waals surface area contributed by atoms with Gasteiger partial charge in [-0.2, -0.15) is 0 Å². The predicted molar refractivity (Wildman–Crippen MR) is 108 cm³/mol. The predicted octanol–water partition coefficient (Wildman–Crippen LogP) is 6.25. The number of halogens is 2. The maximum Gasteiger partial charge on any atom is 0.138 e. The van der Waals surface area contributed by atoms with Crippen LogP contribution in [0.5, 0.6) is 11.5 Å². The van der Waals surface area contributed by atoms with Crippen molar-refractivity contribution in [2.24, 2.45) is 4.99 Å². The molecule has 3 aromatic rings. The summed E-state index contributed by atoms with van der Waals surface area (Å²) in [5.41, 5.74) is 2.54. The summed E-state index contributed by atoms with van der Waals surface area (Å²) in [6.45, 7) is 0.531. The highest BCUT2D eigenvalue weighted by Gasteiger charge is 2.05. The number of ether oxygens (including phenoxy) is 1. The second kappa shape index (κ2) is 8.32. The lowest BCUT2D eigenvalue weighted by Gasteiger charge is -2.06. The average Bonchev–Trinajstić information content (AvgIpc) is 2.63. The minimum absolute atomic E-state index is 0.162. The lowest BCUT2D eigenvalue weighted by atomic mass is 10.2. The van der Waals surface area contributed by atoms with Crippen molar-refractivity contribution in [3.8, 4) is 11.5 Å². The van der Waals surface area contributed by atoms with Crippen molar-refractivity contribution >= 4 is 43.8 Å². The van der Waals surface area contributed by atoms with Gasteiger partial charge in [0, 0.05) is 16.3 Å². The van der Waals surface area contributed by atoms with E-state index in [-0.39, 0.29) is 5.75 Å². The van der Waals surface area contributed by atoms with E-state index >= 15 is 0 Å². The fourth-order valence-corrected chi connectivity index (χ4v) is 3.46. The molecule has 0 fully saturated rings. The number of rotatable bonds is 5. The molecule has 0 atom stereocenters. The van der Waals surface area contributed by atoms with Crippen LogP contribution in [0.1, 0.15) is 11.1 Å². The zero-order valence-corrected chi connectivity index (χ0v) is 16.4. The lowest BCUT2D eigenvalue weighted by molar-refractivity contribution is 0.306. The standard InChI is InChI=1S/C20H15Br2NO2/c21-16-10-15(20(24)19(22)11-16)12-23-17-6-8-18(9-7-17)25-13-14-4-2-1-3-5-14/h1-12,24H,13H2. The Morgan fingerprint density at radius 1 is 0.960 bits per heavy atom. The number of benzene rings is 3. The van der Waals surface area contributed by atoms with Crippen LogP contribution in [0.2, 0.25) is 0 Å². The average molecular weight is 461 g/mol. The summed E-state index contributed by atoms with van der Waals surface area (Å²) in [7, 11) is 0. The summed E-state index contributed by atoms with van der Waals surface area (Å²) in [6, 6.07) is 21.1. The van der Waals surface area contributed by atoms with Crippen molar-refractivity contribution in [3.05, 3.63) is 86.8 Å². The summed E-state index contributed by atoms with van der Waals surface area (Å²) in [4.78, 5) is 4.40. The number of aliphatic imine (C=N–C) groups is 1. The number of phenolic OH excluding ortho intramolecular Hbond substituents is 1. The van der Waals surface area contributed by atoms with E-state index in [1.165, 1.54) is 0 Å². The molecule has 3 rings (SSSR count). The summed E-state index contributed by atoms with van der Waals surface area (Å²) in [5, 5.41) is 10.0. The Balaban J connectivity index is 1.66. The molecule has 0 aliphatic heterocycles. The van der Waals surface area contributed by atoms with E-state index in [9.17, 15) is 5.11 Å². The first-order valence-electron chi connectivity index (χ1n) is 7.61. The fourth-order valence-electron chi connectivity index (χ4n) is 2.20. The van der Waals surface area contributed by atoms with Gasteiger partial charge in [0.25, 0.3) is 0 Å². The SMILES string of the molecule is Oc1c(Br)cc(Br)cc1C=Nc1ccc(OCc2ccccc2)cc1. The molecule has 0 spiro atoms. The quantitative estimate of drug-likeness (QED) is 0.457. The molecule has 0 amide bonds. The van der Waals surface area contributed by atoms with Gasteiger partial charge >= 0.3 is 0 Å². The van der Waals surface area contributed by atoms with Crippen molar-refractivity contribution < 1.29 is 9.84 Å². The van der Waals surface area contributed by atoms with E-state index in [4.69, 9.17) is 4.74 Å². The fraction of sp³-hybridized carbons (Fsp3) is 0.0500. The molecule has 25 heavy (non-hydrogen) atoms. The second-order valence-corrected chi connectivity index (χ2v) is 7.12. The third-order valence-electron chi connectivity index (χ3n) is 3.50. The smallest absolute Gasteiger partial charge is 0.138 e. The van der Waals surface area contributed by atoms with E-state index in [0.717, 1.165) is 21.5 Å². The first-order valence-corrected chi connectivity index (χ1v) is 9.19. The summed E-state index contributed by atoms with van der Waals surface area (Å²) in [5.74, 6) is 0.950. The molecule has 0 heterocycles. The molecule has 3 nitrogen and oxygen atoms in total. The van der Waals surface area contributed by atoms with Gasteiger partial charge in [0.05, 0.1) is 10.2 Å². The van der Waals surface area contributed by atoms with Gasteiger partial charge in [-0.3, -0.25) is 4.99 Å². The second-order valence-electron chi connectivity index (χ2n) is 5.35. The van der Waals surface area contributed by atoms with E-state index in [1.807, 2.05) is 54.6 Å². The van der Waals surface area contributed by atoms with Crippen LogP contribution in [0.4, 0.5) is 5.69 Å². The zero-order valence-electron chi connectivity index (χ0n) is 13.2.